The zero-order chi connectivity index (χ0) is 22.9. The Kier molecular flexibility index (Phi) is 6.29. The first-order valence-electron chi connectivity index (χ1n) is 10.2. The van der Waals surface area contributed by atoms with E-state index in [1.807, 2.05) is 24.3 Å². The summed E-state index contributed by atoms with van der Waals surface area (Å²) in [6.07, 6.45) is 0.429. The largest absolute Gasteiger partial charge is 0.387 e. The van der Waals surface area contributed by atoms with Crippen LogP contribution in [0, 0.1) is 0 Å². The zero-order valence-corrected chi connectivity index (χ0v) is 18.7. The average Bonchev–Trinajstić information content (AvgIpc) is 3.36. The second-order valence-corrected chi connectivity index (χ2v) is 7.94. The molecule has 170 valence electrons. The van der Waals surface area contributed by atoms with Gasteiger partial charge in [-0.15, -0.1) is 0 Å². The maximum absolute atomic E-state index is 12.6. The first-order chi connectivity index (χ1) is 15.4. The number of hydrogen-bond acceptors (Lipinski definition) is 8. The summed E-state index contributed by atoms with van der Waals surface area (Å²) < 4.78 is 13.3. The molecular weight excluding hydrogens is 436 g/mol. The van der Waals surface area contributed by atoms with Gasteiger partial charge in [-0.2, -0.15) is 0 Å². The smallest absolute Gasteiger partial charge is 0.254 e. The van der Waals surface area contributed by atoms with E-state index in [2.05, 4.69) is 25.6 Å². The van der Waals surface area contributed by atoms with E-state index in [9.17, 15) is 9.90 Å². The molecule has 0 bridgehead atoms. The fourth-order valence-corrected chi connectivity index (χ4v) is 4.30. The minimum atomic E-state index is -1.45. The molecular formula is C21H25ClN6O4. The lowest BCUT2D eigenvalue weighted by Crippen LogP contribution is -2.54. The molecule has 3 N–H and O–H groups in total. The van der Waals surface area contributed by atoms with Crippen LogP contribution in [0.2, 0.25) is 5.02 Å². The Balaban J connectivity index is 1.66. The van der Waals surface area contributed by atoms with Crippen molar-refractivity contribution in [2.45, 2.75) is 43.9 Å². The van der Waals surface area contributed by atoms with Crippen LogP contribution in [0.3, 0.4) is 0 Å². The second-order valence-electron chi connectivity index (χ2n) is 7.51. The Labute approximate surface area is 189 Å². The van der Waals surface area contributed by atoms with E-state index < -0.39 is 29.9 Å². The van der Waals surface area contributed by atoms with Crippen LogP contribution in [0.15, 0.2) is 36.9 Å². The van der Waals surface area contributed by atoms with Gasteiger partial charge in [0.2, 0.25) is 0 Å². The van der Waals surface area contributed by atoms with Crippen LogP contribution in [0.25, 0.3) is 11.2 Å². The quantitative estimate of drug-likeness (QED) is 0.488. The molecule has 2 aromatic heterocycles. The number of nitrogens with one attached hydrogen (secondary N) is 2. The van der Waals surface area contributed by atoms with Crippen LogP contribution in [0.5, 0.6) is 0 Å². The summed E-state index contributed by atoms with van der Waals surface area (Å²) in [5.74, 6) is 0.120. The third kappa shape index (κ3) is 3.69. The molecule has 3 aromatic rings. The fourth-order valence-electron chi connectivity index (χ4n) is 4.09. The number of nitrogens with zero attached hydrogens (tertiary/aromatic N) is 4. The predicted octanol–water partition coefficient (Wildman–Crippen LogP) is 1.89. The van der Waals surface area contributed by atoms with Gasteiger partial charge >= 0.3 is 0 Å². The molecule has 0 spiro atoms. The molecule has 4 rings (SSSR count). The van der Waals surface area contributed by atoms with E-state index >= 15 is 0 Å². The van der Waals surface area contributed by atoms with E-state index in [1.165, 1.54) is 20.5 Å². The zero-order valence-electron chi connectivity index (χ0n) is 17.9. The lowest BCUT2D eigenvalue weighted by Gasteiger charge is -2.28. The van der Waals surface area contributed by atoms with Crippen molar-refractivity contribution in [3.05, 3.63) is 47.5 Å². The van der Waals surface area contributed by atoms with Gasteiger partial charge in [-0.1, -0.05) is 30.7 Å². The SMILES string of the molecule is CC[C@]1(C(=O)NC)O[C@@H](n2cnc3c(NCc4cccc(Cl)c4)ncnc32)C(OC)C1O. The molecule has 1 amide bonds. The van der Waals surface area contributed by atoms with E-state index in [4.69, 9.17) is 21.1 Å². The van der Waals surface area contributed by atoms with Gasteiger partial charge in [0.15, 0.2) is 28.8 Å². The number of methoxy groups -OCH3 is 1. The molecule has 3 heterocycles. The number of aromatic nitrogens is 4. The number of ether oxygens (including phenoxy) is 2. The summed E-state index contributed by atoms with van der Waals surface area (Å²) in [7, 11) is 2.97. The second kappa shape index (κ2) is 8.99. The third-order valence-electron chi connectivity index (χ3n) is 5.79. The summed E-state index contributed by atoms with van der Waals surface area (Å²) in [4.78, 5) is 25.7. The lowest BCUT2D eigenvalue weighted by atomic mass is 9.91. The monoisotopic (exact) mass is 460 g/mol. The van der Waals surface area contributed by atoms with Crippen molar-refractivity contribution in [2.75, 3.05) is 19.5 Å². The highest BCUT2D eigenvalue weighted by atomic mass is 35.5. The Morgan fingerprint density at radius 3 is 2.88 bits per heavy atom. The third-order valence-corrected chi connectivity index (χ3v) is 6.03. The highest BCUT2D eigenvalue weighted by molar-refractivity contribution is 6.30. The van der Waals surface area contributed by atoms with Gasteiger partial charge < -0.3 is 25.2 Å². The average molecular weight is 461 g/mol. The summed E-state index contributed by atoms with van der Waals surface area (Å²) in [5.41, 5.74) is 0.550. The van der Waals surface area contributed by atoms with Gasteiger partial charge in [0.1, 0.15) is 18.5 Å². The van der Waals surface area contributed by atoms with Gasteiger partial charge in [-0.3, -0.25) is 9.36 Å². The van der Waals surface area contributed by atoms with Crippen LogP contribution in [0.1, 0.15) is 25.1 Å². The van der Waals surface area contributed by atoms with Crippen molar-refractivity contribution in [3.8, 4) is 0 Å². The van der Waals surface area contributed by atoms with Crippen molar-refractivity contribution in [3.63, 3.8) is 0 Å². The summed E-state index contributed by atoms with van der Waals surface area (Å²) in [6, 6.07) is 7.51. The molecule has 2 unspecified atom stereocenters. The molecule has 1 aromatic carbocycles. The number of carbonyl (C=O) groups is 1. The van der Waals surface area contributed by atoms with E-state index in [1.54, 1.807) is 17.8 Å². The van der Waals surface area contributed by atoms with Crippen LogP contribution in [-0.4, -0.2) is 62.5 Å². The maximum Gasteiger partial charge on any atom is 0.254 e. The topological polar surface area (TPSA) is 123 Å². The molecule has 0 saturated carbocycles. The predicted molar refractivity (Wildman–Crippen MR) is 118 cm³/mol. The van der Waals surface area contributed by atoms with Crippen molar-refractivity contribution < 1.29 is 19.4 Å². The minimum absolute atomic E-state index is 0.262. The van der Waals surface area contributed by atoms with Crippen molar-refractivity contribution in [1.29, 1.82) is 0 Å². The molecule has 1 saturated heterocycles. The fraction of sp³-hybridized carbons (Fsp3) is 0.429. The van der Waals surface area contributed by atoms with Gasteiger partial charge in [-0.25, -0.2) is 15.0 Å². The number of rotatable bonds is 7. The molecule has 10 nitrogen and oxygen atoms in total. The van der Waals surface area contributed by atoms with Gasteiger partial charge in [0.05, 0.1) is 6.33 Å². The molecule has 4 atom stereocenters. The summed E-state index contributed by atoms with van der Waals surface area (Å²) in [5, 5.41) is 17.4. The Hall–Kier alpha value is -2.79. The van der Waals surface area contributed by atoms with Crippen LogP contribution in [0.4, 0.5) is 5.82 Å². The standard InChI is InChI=1S/C21H25ClN6O4/c1-4-21(20(30)23-2)16(29)15(31-3)19(32-21)28-11-27-14-17(25-10-26-18(14)28)24-9-12-6-5-7-13(22)8-12/h5-8,10-11,15-16,19,29H,4,9H2,1-3H3,(H,23,30)(H,24,25,26)/t15?,16?,19-,21+/m1/s1. The Morgan fingerprint density at radius 2 is 2.19 bits per heavy atom. The molecule has 1 aliphatic heterocycles. The Bertz CT molecular complexity index is 1120. The molecule has 11 heteroatoms. The van der Waals surface area contributed by atoms with Crippen molar-refractivity contribution in [2.24, 2.45) is 0 Å². The normalized spacial score (nSPS) is 25.2. The molecule has 1 fully saturated rings. The number of aliphatic hydroxyl groups excluding tert-OH is 1. The van der Waals surface area contributed by atoms with Gasteiger partial charge in [-0.05, 0) is 24.1 Å². The van der Waals surface area contributed by atoms with Gasteiger partial charge in [0.25, 0.3) is 5.91 Å². The molecule has 0 aliphatic carbocycles. The Morgan fingerprint density at radius 1 is 1.38 bits per heavy atom. The van der Waals surface area contributed by atoms with Crippen LogP contribution >= 0.6 is 11.6 Å². The van der Waals surface area contributed by atoms with Crippen molar-refractivity contribution >= 4 is 34.5 Å². The number of halogens is 1. The number of aliphatic hydroxyl groups is 1. The first kappa shape index (κ1) is 22.4. The number of anilines is 1. The molecule has 0 radical (unpaired) electrons. The highest BCUT2D eigenvalue weighted by Crippen LogP contribution is 2.42. The number of hydrogen-bond donors (Lipinski definition) is 3. The lowest BCUT2D eigenvalue weighted by molar-refractivity contribution is -0.158. The van der Waals surface area contributed by atoms with Crippen LogP contribution in [-0.2, 0) is 20.8 Å². The van der Waals surface area contributed by atoms with E-state index in [0.29, 0.717) is 28.5 Å². The number of benzene rings is 1. The maximum atomic E-state index is 12.6. The number of likely N-dealkylation sites (N-methyl/N-ethyl adjacent to an activating group) is 1. The summed E-state index contributed by atoms with van der Waals surface area (Å²) >= 11 is 6.06. The van der Waals surface area contributed by atoms with E-state index in [0.717, 1.165) is 5.56 Å². The minimum Gasteiger partial charge on any atom is -0.387 e. The van der Waals surface area contributed by atoms with Crippen LogP contribution < -0.4 is 10.6 Å². The number of carbonyl (C=O) groups excluding carboxylic acids is 1. The van der Waals surface area contributed by atoms with E-state index in [-0.39, 0.29) is 6.42 Å². The number of imidazole rings is 1. The number of fused-ring (bicyclic) bond motifs is 1. The first-order valence-corrected chi connectivity index (χ1v) is 10.6. The highest BCUT2D eigenvalue weighted by Gasteiger charge is 2.59. The summed E-state index contributed by atoms with van der Waals surface area (Å²) in [6.45, 7) is 2.27. The molecule has 1 aliphatic rings. The number of amides is 1. The van der Waals surface area contributed by atoms with Crippen molar-refractivity contribution in [1.82, 2.24) is 24.8 Å². The molecule has 32 heavy (non-hydrogen) atoms. The van der Waals surface area contributed by atoms with Gasteiger partial charge in [0, 0.05) is 25.7 Å².